The van der Waals surface area contributed by atoms with Gasteiger partial charge < -0.3 is 11.1 Å². The maximum Gasteiger partial charge on any atom is 0.256 e. The summed E-state index contributed by atoms with van der Waals surface area (Å²) in [5.74, 6) is 0.0875. The molecule has 3 aromatic heterocycles. The zero-order valence-corrected chi connectivity index (χ0v) is 18.2. The van der Waals surface area contributed by atoms with Gasteiger partial charge in [0.1, 0.15) is 11.9 Å². The fourth-order valence-corrected chi connectivity index (χ4v) is 3.75. The largest absolute Gasteiger partial charge is 0.384 e. The molecule has 32 heavy (non-hydrogen) atoms. The van der Waals surface area contributed by atoms with Gasteiger partial charge in [0.25, 0.3) is 5.91 Å². The number of carbonyl (C=O) groups excluding carboxylic acids is 1. The minimum Gasteiger partial charge on any atom is -0.384 e. The molecule has 1 aromatic carbocycles. The van der Waals surface area contributed by atoms with Crippen LogP contribution in [0.15, 0.2) is 42.7 Å². The van der Waals surface area contributed by atoms with E-state index in [1.54, 1.807) is 16.9 Å². The molecule has 160 valence electrons. The van der Waals surface area contributed by atoms with Crippen molar-refractivity contribution in [3.8, 4) is 6.07 Å². The molecule has 4 rings (SSSR count). The summed E-state index contributed by atoms with van der Waals surface area (Å²) in [6, 6.07) is 11.8. The fourth-order valence-electron chi connectivity index (χ4n) is 3.75. The summed E-state index contributed by atoms with van der Waals surface area (Å²) in [6.45, 7) is 6.50. The minimum absolute atomic E-state index is 0.0877. The molecule has 8 nitrogen and oxygen atoms in total. The van der Waals surface area contributed by atoms with E-state index in [4.69, 9.17) is 5.73 Å². The number of hydrogen-bond acceptors (Lipinski definition) is 6. The van der Waals surface area contributed by atoms with Gasteiger partial charge in [0, 0.05) is 30.0 Å². The fraction of sp³-hybridized carbons (Fsp3) is 0.208. The Morgan fingerprint density at radius 2 is 2.03 bits per heavy atom. The van der Waals surface area contributed by atoms with E-state index in [0.29, 0.717) is 12.4 Å². The number of anilines is 1. The number of nitriles is 1. The Balaban J connectivity index is 1.53. The van der Waals surface area contributed by atoms with Crippen molar-refractivity contribution in [3.63, 3.8) is 0 Å². The monoisotopic (exact) mass is 425 g/mol. The number of benzene rings is 1. The highest BCUT2D eigenvalue weighted by Gasteiger charge is 2.17. The van der Waals surface area contributed by atoms with Gasteiger partial charge >= 0.3 is 0 Å². The van der Waals surface area contributed by atoms with Crippen LogP contribution in [-0.2, 0) is 13.1 Å². The van der Waals surface area contributed by atoms with E-state index in [1.165, 1.54) is 0 Å². The highest BCUT2D eigenvalue weighted by molar-refractivity contribution is 5.95. The van der Waals surface area contributed by atoms with Gasteiger partial charge in [-0.2, -0.15) is 10.4 Å². The van der Waals surface area contributed by atoms with E-state index >= 15 is 0 Å². The van der Waals surface area contributed by atoms with Crippen LogP contribution in [0.1, 0.15) is 44.0 Å². The van der Waals surface area contributed by atoms with Gasteiger partial charge in [-0.1, -0.05) is 6.07 Å². The third-order valence-electron chi connectivity index (χ3n) is 5.34. The molecule has 4 aromatic rings. The van der Waals surface area contributed by atoms with Crippen molar-refractivity contribution in [2.45, 2.75) is 33.9 Å². The number of nitrogens with zero attached hydrogens (tertiary/aromatic N) is 5. The Bertz CT molecular complexity index is 1360. The van der Waals surface area contributed by atoms with E-state index in [2.05, 4.69) is 26.4 Å². The van der Waals surface area contributed by atoms with Gasteiger partial charge in [0.2, 0.25) is 0 Å². The van der Waals surface area contributed by atoms with E-state index in [-0.39, 0.29) is 23.7 Å². The number of aromatic nitrogens is 4. The van der Waals surface area contributed by atoms with Crippen LogP contribution in [0.2, 0.25) is 0 Å². The summed E-state index contributed by atoms with van der Waals surface area (Å²) in [7, 11) is 0. The van der Waals surface area contributed by atoms with Gasteiger partial charge in [-0.3, -0.25) is 14.5 Å². The summed E-state index contributed by atoms with van der Waals surface area (Å²) >= 11 is 0. The van der Waals surface area contributed by atoms with Crippen molar-refractivity contribution < 1.29 is 4.79 Å². The van der Waals surface area contributed by atoms with Crippen molar-refractivity contribution in [1.29, 1.82) is 5.26 Å². The molecular weight excluding hydrogens is 402 g/mol. The summed E-state index contributed by atoms with van der Waals surface area (Å²) in [5.41, 5.74) is 11.7. The lowest BCUT2D eigenvalue weighted by molar-refractivity contribution is 0.0950. The second-order valence-corrected chi connectivity index (χ2v) is 7.85. The highest BCUT2D eigenvalue weighted by atomic mass is 16.1. The number of nitrogens with one attached hydrogen (secondary N) is 1. The molecule has 0 atom stereocenters. The molecule has 0 radical (unpaired) electrons. The Kier molecular flexibility index (Phi) is 5.56. The third kappa shape index (κ3) is 4.27. The highest BCUT2D eigenvalue weighted by Crippen LogP contribution is 2.18. The summed E-state index contributed by atoms with van der Waals surface area (Å²) in [4.78, 5) is 21.5. The van der Waals surface area contributed by atoms with Crippen molar-refractivity contribution >= 4 is 22.6 Å². The van der Waals surface area contributed by atoms with Gasteiger partial charge in [-0.25, -0.2) is 4.98 Å². The summed E-state index contributed by atoms with van der Waals surface area (Å²) in [5, 5.41) is 17.7. The first kappa shape index (κ1) is 21.0. The van der Waals surface area contributed by atoms with Gasteiger partial charge in [-0.15, -0.1) is 0 Å². The molecule has 0 aliphatic heterocycles. The lowest BCUT2D eigenvalue weighted by Gasteiger charge is -2.11. The molecule has 0 aliphatic rings. The zero-order valence-electron chi connectivity index (χ0n) is 18.2. The van der Waals surface area contributed by atoms with Gasteiger partial charge in [0.15, 0.2) is 5.69 Å². The maximum absolute atomic E-state index is 12.8. The van der Waals surface area contributed by atoms with Crippen LogP contribution in [0, 0.1) is 32.1 Å². The quantitative estimate of drug-likeness (QED) is 0.506. The molecule has 0 spiro atoms. The summed E-state index contributed by atoms with van der Waals surface area (Å²) in [6.07, 6.45) is 3.44. The third-order valence-corrected chi connectivity index (χ3v) is 5.34. The molecule has 0 saturated carbocycles. The molecular formula is C24H23N7O. The molecule has 8 heteroatoms. The number of hydrogen-bond donors (Lipinski definition) is 2. The molecule has 3 N–H and O–H groups in total. The number of aryl methyl sites for hydroxylation is 3. The second-order valence-electron chi connectivity index (χ2n) is 7.85. The van der Waals surface area contributed by atoms with Gasteiger partial charge in [0.05, 0.1) is 17.6 Å². The predicted octanol–water partition coefficient (Wildman–Crippen LogP) is 3.18. The van der Waals surface area contributed by atoms with Crippen molar-refractivity contribution in [2.75, 3.05) is 5.73 Å². The SMILES string of the molecule is Cc1cnc2ccc(Cn3cc(C(=O)NCc4c(C)cc(N)nc4C)c(C#N)n3)cc2c1. The first-order chi connectivity index (χ1) is 15.3. The zero-order chi connectivity index (χ0) is 22.8. The number of amides is 1. The molecule has 0 aliphatic carbocycles. The van der Waals surface area contributed by atoms with Crippen molar-refractivity contribution in [1.82, 2.24) is 25.1 Å². The predicted molar refractivity (Wildman–Crippen MR) is 122 cm³/mol. The van der Waals surface area contributed by atoms with E-state index in [9.17, 15) is 10.1 Å². The average molecular weight is 425 g/mol. The Morgan fingerprint density at radius 3 is 2.78 bits per heavy atom. The first-order valence-electron chi connectivity index (χ1n) is 10.2. The Hall–Kier alpha value is -4.25. The van der Waals surface area contributed by atoms with Gasteiger partial charge in [-0.05, 0) is 67.3 Å². The van der Waals surface area contributed by atoms with E-state index in [0.717, 1.165) is 38.9 Å². The van der Waals surface area contributed by atoms with Crippen LogP contribution in [0.4, 0.5) is 5.82 Å². The topological polar surface area (TPSA) is 123 Å². The molecule has 3 heterocycles. The van der Waals surface area contributed by atoms with Crippen LogP contribution in [0.5, 0.6) is 0 Å². The Labute approximate surface area is 185 Å². The number of nitrogens with two attached hydrogens (primary N) is 1. The lowest BCUT2D eigenvalue weighted by atomic mass is 10.1. The smallest absolute Gasteiger partial charge is 0.256 e. The van der Waals surface area contributed by atoms with Crippen LogP contribution < -0.4 is 11.1 Å². The van der Waals surface area contributed by atoms with Crippen LogP contribution in [-0.4, -0.2) is 25.7 Å². The lowest BCUT2D eigenvalue weighted by Crippen LogP contribution is -2.24. The summed E-state index contributed by atoms with van der Waals surface area (Å²) < 4.78 is 1.61. The van der Waals surface area contributed by atoms with Crippen LogP contribution in [0.3, 0.4) is 0 Å². The number of rotatable bonds is 5. The number of pyridine rings is 2. The van der Waals surface area contributed by atoms with Crippen LogP contribution in [0.25, 0.3) is 10.9 Å². The van der Waals surface area contributed by atoms with E-state index < -0.39 is 0 Å². The number of nitrogen functional groups attached to an aromatic ring is 1. The minimum atomic E-state index is -0.359. The second kappa shape index (κ2) is 8.47. The standard InChI is InChI=1S/C24H23N7O/c1-14-6-18-8-17(4-5-21(18)27-10-14)12-31-13-20(22(9-25)30-31)24(32)28-11-19-15(2)7-23(26)29-16(19)3/h4-8,10,13H,11-12H2,1-3H3,(H2,26,29)(H,28,32). The van der Waals surface area contributed by atoms with Crippen molar-refractivity contribution in [2.24, 2.45) is 0 Å². The number of fused-ring (bicyclic) bond motifs is 1. The number of carbonyl (C=O) groups is 1. The van der Waals surface area contributed by atoms with Crippen molar-refractivity contribution in [3.05, 3.63) is 81.9 Å². The molecule has 0 bridgehead atoms. The molecule has 0 unspecified atom stereocenters. The molecule has 0 saturated heterocycles. The Morgan fingerprint density at radius 1 is 1.22 bits per heavy atom. The van der Waals surface area contributed by atoms with E-state index in [1.807, 2.05) is 51.2 Å². The maximum atomic E-state index is 12.8. The van der Waals surface area contributed by atoms with Crippen LogP contribution >= 0.6 is 0 Å². The normalized spacial score (nSPS) is 10.8. The molecule has 1 amide bonds. The average Bonchev–Trinajstić information content (AvgIpc) is 3.15. The first-order valence-corrected chi connectivity index (χ1v) is 10.2. The molecule has 0 fully saturated rings.